The third kappa shape index (κ3) is 3.97. The van der Waals surface area contributed by atoms with E-state index in [0.29, 0.717) is 6.54 Å². The average molecular weight is 515 g/mol. The van der Waals surface area contributed by atoms with Crippen LogP contribution in [-0.4, -0.2) is 74.0 Å². The van der Waals surface area contributed by atoms with Crippen LogP contribution in [-0.2, 0) is 19.1 Å². The molecular weight excluding hydrogens is 476 g/mol. The van der Waals surface area contributed by atoms with Crippen molar-refractivity contribution in [2.75, 3.05) is 19.8 Å². The first-order valence-electron chi connectivity index (χ1n) is 12.8. The Morgan fingerprint density at radius 3 is 2.56 bits per heavy atom. The second kappa shape index (κ2) is 9.86. The Labute approximate surface area is 218 Å². The van der Waals surface area contributed by atoms with Crippen molar-refractivity contribution in [2.24, 2.45) is 17.8 Å². The number of carbonyl (C=O) groups excluding carboxylic acids is 3. The van der Waals surface area contributed by atoms with Crippen molar-refractivity contribution in [1.29, 1.82) is 0 Å². The molecule has 3 unspecified atom stereocenters. The standard InChI is InChI=1S/C28H38N2O5S/c1-7-14-29(27(4,5)6)25(33)23-28-17(3)15-20(36-28)21(26(34)35-8-2)22(28)24(32)30(23)19(16-31)18-12-10-9-11-13-18/h7,9-13,17,19-23,31H,1,8,14-16H2,2-6H3/t17?,19-,20+,21-,22+,23?,28?/m1/s1. The van der Waals surface area contributed by atoms with E-state index < -0.39 is 34.2 Å². The zero-order chi connectivity index (χ0) is 26.4. The number of amides is 2. The average Bonchev–Trinajstić information content (AvgIpc) is 3.42. The maximum atomic E-state index is 14.5. The van der Waals surface area contributed by atoms with Crippen molar-refractivity contribution >= 4 is 29.5 Å². The number of hydrogen-bond acceptors (Lipinski definition) is 6. The van der Waals surface area contributed by atoms with Gasteiger partial charge in [-0.05, 0) is 45.6 Å². The number of thioether (sulfide) groups is 1. The smallest absolute Gasteiger partial charge is 0.310 e. The molecule has 36 heavy (non-hydrogen) atoms. The number of fused-ring (bicyclic) bond motifs is 1. The van der Waals surface area contributed by atoms with E-state index in [2.05, 4.69) is 13.5 Å². The van der Waals surface area contributed by atoms with Crippen LogP contribution in [0.1, 0.15) is 52.6 Å². The third-order valence-corrected chi connectivity index (χ3v) is 10.1. The van der Waals surface area contributed by atoms with Crippen LogP contribution < -0.4 is 0 Å². The van der Waals surface area contributed by atoms with E-state index in [1.807, 2.05) is 51.1 Å². The highest BCUT2D eigenvalue weighted by molar-refractivity contribution is 8.02. The second-order valence-corrected chi connectivity index (χ2v) is 12.6. The summed E-state index contributed by atoms with van der Waals surface area (Å²) >= 11 is 1.61. The lowest BCUT2D eigenvalue weighted by molar-refractivity contribution is -0.154. The summed E-state index contributed by atoms with van der Waals surface area (Å²) in [5.41, 5.74) is 0.245. The summed E-state index contributed by atoms with van der Waals surface area (Å²) in [7, 11) is 0. The highest BCUT2D eigenvalue weighted by Crippen LogP contribution is 2.69. The summed E-state index contributed by atoms with van der Waals surface area (Å²) in [6.45, 7) is 13.9. The highest BCUT2D eigenvalue weighted by atomic mass is 32.2. The molecule has 1 aromatic carbocycles. The lowest BCUT2D eigenvalue weighted by Crippen LogP contribution is -2.60. The fourth-order valence-corrected chi connectivity index (χ4v) is 8.97. The van der Waals surface area contributed by atoms with E-state index in [1.54, 1.807) is 34.6 Å². The zero-order valence-electron chi connectivity index (χ0n) is 21.8. The predicted octanol–water partition coefficient (Wildman–Crippen LogP) is 3.43. The Balaban J connectivity index is 1.90. The topological polar surface area (TPSA) is 87.2 Å². The van der Waals surface area contributed by atoms with Crippen LogP contribution in [0, 0.1) is 17.8 Å². The zero-order valence-corrected chi connectivity index (χ0v) is 22.7. The molecule has 4 rings (SSSR count). The normalized spacial score (nSPS) is 31.8. The van der Waals surface area contributed by atoms with Crippen LogP contribution in [0.2, 0.25) is 0 Å². The van der Waals surface area contributed by atoms with Crippen LogP contribution in [0.3, 0.4) is 0 Å². The molecule has 196 valence electrons. The summed E-state index contributed by atoms with van der Waals surface area (Å²) in [5, 5.41) is 10.5. The minimum absolute atomic E-state index is 0.0340. The minimum Gasteiger partial charge on any atom is -0.466 e. The first-order valence-corrected chi connectivity index (χ1v) is 13.7. The van der Waals surface area contributed by atoms with E-state index in [-0.39, 0.29) is 42.2 Å². The fourth-order valence-electron chi connectivity index (χ4n) is 6.58. The number of rotatable bonds is 8. The summed E-state index contributed by atoms with van der Waals surface area (Å²) in [4.78, 5) is 45.4. The van der Waals surface area contributed by atoms with Crippen molar-refractivity contribution in [1.82, 2.24) is 9.80 Å². The van der Waals surface area contributed by atoms with Crippen molar-refractivity contribution in [2.45, 2.75) is 68.7 Å². The number of esters is 1. The number of aliphatic hydroxyl groups is 1. The molecule has 3 saturated heterocycles. The summed E-state index contributed by atoms with van der Waals surface area (Å²) < 4.78 is 4.65. The largest absolute Gasteiger partial charge is 0.466 e. The lowest BCUT2D eigenvalue weighted by Gasteiger charge is -2.45. The van der Waals surface area contributed by atoms with Crippen molar-refractivity contribution in [3.63, 3.8) is 0 Å². The van der Waals surface area contributed by atoms with Crippen LogP contribution in [0.15, 0.2) is 43.0 Å². The monoisotopic (exact) mass is 514 g/mol. The maximum Gasteiger partial charge on any atom is 0.310 e. The Kier molecular flexibility index (Phi) is 7.32. The molecule has 1 spiro atoms. The van der Waals surface area contributed by atoms with Gasteiger partial charge in [-0.1, -0.05) is 43.3 Å². The summed E-state index contributed by atoms with van der Waals surface area (Å²) in [6.07, 6.45) is 2.44. The first-order chi connectivity index (χ1) is 17.0. The van der Waals surface area contributed by atoms with E-state index in [9.17, 15) is 19.5 Å². The van der Waals surface area contributed by atoms with Crippen molar-refractivity contribution < 1.29 is 24.2 Å². The maximum absolute atomic E-state index is 14.5. The lowest BCUT2D eigenvalue weighted by atomic mass is 9.66. The van der Waals surface area contributed by atoms with Gasteiger partial charge in [0.25, 0.3) is 0 Å². The molecule has 3 heterocycles. The molecule has 3 aliphatic rings. The second-order valence-electron chi connectivity index (χ2n) is 11.1. The molecule has 2 bridgehead atoms. The number of nitrogens with zero attached hydrogens (tertiary/aromatic N) is 2. The third-order valence-electron chi connectivity index (χ3n) is 8.06. The van der Waals surface area contributed by atoms with Gasteiger partial charge in [-0.15, -0.1) is 18.3 Å². The number of likely N-dealkylation sites (tertiary alicyclic amines) is 1. The molecule has 3 fully saturated rings. The van der Waals surface area contributed by atoms with E-state index in [0.717, 1.165) is 12.0 Å². The van der Waals surface area contributed by atoms with Crippen LogP contribution in [0.5, 0.6) is 0 Å². The highest BCUT2D eigenvalue weighted by Gasteiger charge is 2.77. The quantitative estimate of drug-likeness (QED) is 0.423. The molecule has 0 radical (unpaired) electrons. The Morgan fingerprint density at radius 2 is 2.00 bits per heavy atom. The molecule has 3 aliphatic heterocycles. The van der Waals surface area contributed by atoms with Gasteiger partial charge < -0.3 is 19.6 Å². The van der Waals surface area contributed by atoms with Gasteiger partial charge in [0, 0.05) is 17.3 Å². The molecule has 7 atom stereocenters. The van der Waals surface area contributed by atoms with Crippen LogP contribution in [0.25, 0.3) is 0 Å². The molecule has 0 aromatic heterocycles. The molecule has 0 saturated carbocycles. The Bertz CT molecular complexity index is 1020. The van der Waals surface area contributed by atoms with Crippen molar-refractivity contribution in [3.8, 4) is 0 Å². The summed E-state index contributed by atoms with van der Waals surface area (Å²) in [6, 6.07) is 7.80. The first kappa shape index (κ1) is 26.7. The van der Waals surface area contributed by atoms with E-state index in [1.165, 1.54) is 0 Å². The molecule has 1 N–H and O–H groups in total. The fraction of sp³-hybridized carbons (Fsp3) is 0.607. The van der Waals surface area contributed by atoms with E-state index in [4.69, 9.17) is 4.74 Å². The summed E-state index contributed by atoms with van der Waals surface area (Å²) in [5.74, 6) is -2.02. The Hall–Kier alpha value is -2.32. The van der Waals surface area contributed by atoms with Gasteiger partial charge in [0.1, 0.15) is 6.04 Å². The van der Waals surface area contributed by atoms with Gasteiger partial charge in [-0.3, -0.25) is 14.4 Å². The molecule has 0 aliphatic carbocycles. The van der Waals surface area contributed by atoms with Gasteiger partial charge in [0.2, 0.25) is 11.8 Å². The van der Waals surface area contributed by atoms with Crippen LogP contribution in [0.4, 0.5) is 0 Å². The van der Waals surface area contributed by atoms with Gasteiger partial charge in [0.05, 0.1) is 35.8 Å². The predicted molar refractivity (Wildman–Crippen MR) is 140 cm³/mol. The molecule has 2 amide bonds. The molecule has 1 aromatic rings. The molecular formula is C28H38N2O5S. The number of ether oxygens (including phenoxy) is 1. The number of hydrogen-bond donors (Lipinski definition) is 1. The SMILES string of the molecule is C=CCN(C(=O)C1N([C@H](CO)c2ccccc2)C(=O)[C@@H]2[C@H](C(=O)OCC)[C@@H]3CC(C)C12S3)C(C)(C)C. The number of benzene rings is 1. The van der Waals surface area contributed by atoms with Gasteiger partial charge in [-0.25, -0.2) is 0 Å². The van der Waals surface area contributed by atoms with Gasteiger partial charge in [-0.2, -0.15) is 0 Å². The van der Waals surface area contributed by atoms with Crippen molar-refractivity contribution in [3.05, 3.63) is 48.6 Å². The van der Waals surface area contributed by atoms with Gasteiger partial charge in [0.15, 0.2) is 0 Å². The van der Waals surface area contributed by atoms with E-state index >= 15 is 0 Å². The molecule has 8 heteroatoms. The van der Waals surface area contributed by atoms with Crippen LogP contribution >= 0.6 is 11.8 Å². The number of carbonyl (C=O) groups is 3. The number of aliphatic hydroxyl groups excluding tert-OH is 1. The minimum atomic E-state index is -0.823. The van der Waals surface area contributed by atoms with Gasteiger partial charge >= 0.3 is 5.97 Å². The molecule has 7 nitrogen and oxygen atoms in total. The Morgan fingerprint density at radius 1 is 1.33 bits per heavy atom.